The fraction of sp³-hybridized carbons (Fsp3) is 0.400. The van der Waals surface area contributed by atoms with E-state index >= 15 is 0 Å². The van der Waals surface area contributed by atoms with Gasteiger partial charge in [-0.25, -0.2) is 0 Å². The van der Waals surface area contributed by atoms with E-state index in [1.807, 2.05) is 19.1 Å². The Labute approximate surface area is 83.3 Å². The molecule has 0 heterocycles. The van der Waals surface area contributed by atoms with Crippen molar-refractivity contribution in [3.8, 4) is 0 Å². The number of benzene rings is 1. The largest absolute Gasteiger partial charge is 0.392 e. The van der Waals surface area contributed by atoms with Crippen LogP contribution < -0.4 is 5.73 Å². The Balaban J connectivity index is 2.85. The number of aliphatic hydroxyl groups excluding tert-OH is 1. The number of halogens is 1. The van der Waals surface area contributed by atoms with Crippen LogP contribution in [0.5, 0.6) is 0 Å². The van der Waals surface area contributed by atoms with Gasteiger partial charge < -0.3 is 10.8 Å². The SMILES string of the molecule is CC(N)Cc1ccc(CO)cc1Cl. The summed E-state index contributed by atoms with van der Waals surface area (Å²) in [7, 11) is 0. The van der Waals surface area contributed by atoms with Crippen molar-refractivity contribution in [3.05, 3.63) is 34.3 Å². The van der Waals surface area contributed by atoms with Gasteiger partial charge in [0.25, 0.3) is 0 Å². The van der Waals surface area contributed by atoms with Gasteiger partial charge in [0, 0.05) is 11.1 Å². The van der Waals surface area contributed by atoms with Crippen LogP contribution in [-0.4, -0.2) is 11.1 Å². The lowest BCUT2D eigenvalue weighted by atomic mass is 10.1. The van der Waals surface area contributed by atoms with E-state index < -0.39 is 0 Å². The molecule has 1 aromatic carbocycles. The Kier molecular flexibility index (Phi) is 3.72. The van der Waals surface area contributed by atoms with Gasteiger partial charge in [0.05, 0.1) is 6.61 Å². The summed E-state index contributed by atoms with van der Waals surface area (Å²) in [6.45, 7) is 1.97. The van der Waals surface area contributed by atoms with Gasteiger partial charge in [0.15, 0.2) is 0 Å². The van der Waals surface area contributed by atoms with Crippen LogP contribution >= 0.6 is 11.6 Å². The number of hydrogen-bond acceptors (Lipinski definition) is 2. The lowest BCUT2D eigenvalue weighted by molar-refractivity contribution is 0.282. The Hall–Kier alpha value is -0.570. The van der Waals surface area contributed by atoms with Crippen molar-refractivity contribution >= 4 is 11.6 Å². The maximum atomic E-state index is 8.85. The molecule has 0 radical (unpaired) electrons. The third-order valence-corrected chi connectivity index (χ3v) is 2.19. The van der Waals surface area contributed by atoms with Crippen LogP contribution in [0.3, 0.4) is 0 Å². The number of aliphatic hydroxyl groups is 1. The second-order valence-electron chi connectivity index (χ2n) is 3.27. The first kappa shape index (κ1) is 10.5. The molecular formula is C10H14ClNO. The minimum atomic E-state index is 0.0260. The van der Waals surface area contributed by atoms with Crippen molar-refractivity contribution in [1.29, 1.82) is 0 Å². The second-order valence-corrected chi connectivity index (χ2v) is 3.67. The zero-order chi connectivity index (χ0) is 9.84. The molecule has 72 valence electrons. The van der Waals surface area contributed by atoms with E-state index in [9.17, 15) is 0 Å². The molecule has 3 heteroatoms. The van der Waals surface area contributed by atoms with E-state index in [2.05, 4.69) is 0 Å². The number of hydrogen-bond donors (Lipinski definition) is 2. The molecule has 13 heavy (non-hydrogen) atoms. The maximum absolute atomic E-state index is 8.85. The van der Waals surface area contributed by atoms with E-state index in [0.29, 0.717) is 5.02 Å². The summed E-state index contributed by atoms with van der Waals surface area (Å²) < 4.78 is 0. The van der Waals surface area contributed by atoms with Gasteiger partial charge in [-0.15, -0.1) is 0 Å². The molecule has 0 aliphatic carbocycles. The molecule has 3 N–H and O–H groups in total. The first-order valence-corrected chi connectivity index (χ1v) is 4.65. The monoisotopic (exact) mass is 199 g/mol. The summed E-state index contributed by atoms with van der Waals surface area (Å²) in [5.74, 6) is 0. The number of rotatable bonds is 3. The van der Waals surface area contributed by atoms with Crippen LogP contribution in [0.1, 0.15) is 18.1 Å². The molecule has 0 saturated carbocycles. The van der Waals surface area contributed by atoms with Gasteiger partial charge >= 0.3 is 0 Å². The first-order chi connectivity index (χ1) is 6.13. The lowest BCUT2D eigenvalue weighted by Gasteiger charge is -2.08. The molecule has 1 atom stereocenters. The fourth-order valence-corrected chi connectivity index (χ4v) is 1.48. The Morgan fingerprint density at radius 1 is 1.54 bits per heavy atom. The Morgan fingerprint density at radius 3 is 2.69 bits per heavy atom. The second kappa shape index (κ2) is 4.61. The molecular weight excluding hydrogens is 186 g/mol. The molecule has 1 aromatic rings. The smallest absolute Gasteiger partial charge is 0.0682 e. The average Bonchev–Trinajstić information content (AvgIpc) is 2.08. The summed E-state index contributed by atoms with van der Waals surface area (Å²) in [6.07, 6.45) is 0.768. The molecule has 2 nitrogen and oxygen atoms in total. The highest BCUT2D eigenvalue weighted by atomic mass is 35.5. The molecule has 0 aliphatic heterocycles. The molecule has 0 spiro atoms. The van der Waals surface area contributed by atoms with E-state index in [1.54, 1.807) is 6.07 Å². The minimum Gasteiger partial charge on any atom is -0.392 e. The van der Waals surface area contributed by atoms with Crippen molar-refractivity contribution in [2.24, 2.45) is 5.73 Å². The molecule has 0 bridgehead atoms. The molecule has 1 rings (SSSR count). The predicted octanol–water partition coefficient (Wildman–Crippen LogP) is 1.72. The van der Waals surface area contributed by atoms with Crippen molar-refractivity contribution in [3.63, 3.8) is 0 Å². The summed E-state index contributed by atoms with van der Waals surface area (Å²) >= 11 is 5.99. The van der Waals surface area contributed by atoms with Crippen molar-refractivity contribution in [2.75, 3.05) is 0 Å². The van der Waals surface area contributed by atoms with Gasteiger partial charge in [-0.3, -0.25) is 0 Å². The lowest BCUT2D eigenvalue weighted by Crippen LogP contribution is -2.17. The molecule has 0 amide bonds. The molecule has 0 fully saturated rings. The van der Waals surface area contributed by atoms with Crippen LogP contribution in [0.2, 0.25) is 5.02 Å². The van der Waals surface area contributed by atoms with Gasteiger partial charge in [-0.1, -0.05) is 23.7 Å². The van der Waals surface area contributed by atoms with Crippen LogP contribution in [0.4, 0.5) is 0 Å². The third kappa shape index (κ3) is 2.99. The quantitative estimate of drug-likeness (QED) is 0.779. The van der Waals surface area contributed by atoms with E-state index in [0.717, 1.165) is 17.5 Å². The van der Waals surface area contributed by atoms with Crippen LogP contribution in [0, 0.1) is 0 Å². The Morgan fingerprint density at radius 2 is 2.23 bits per heavy atom. The zero-order valence-electron chi connectivity index (χ0n) is 7.63. The number of nitrogens with two attached hydrogens (primary N) is 1. The highest BCUT2D eigenvalue weighted by Crippen LogP contribution is 2.19. The van der Waals surface area contributed by atoms with Gasteiger partial charge in [-0.05, 0) is 30.5 Å². The highest BCUT2D eigenvalue weighted by Gasteiger charge is 2.03. The molecule has 0 saturated heterocycles. The fourth-order valence-electron chi connectivity index (χ4n) is 1.20. The summed E-state index contributed by atoms with van der Waals surface area (Å²) in [6, 6.07) is 5.66. The minimum absolute atomic E-state index is 0.0260. The van der Waals surface area contributed by atoms with Crippen molar-refractivity contribution in [2.45, 2.75) is 26.0 Å². The third-order valence-electron chi connectivity index (χ3n) is 1.84. The predicted molar refractivity (Wildman–Crippen MR) is 54.7 cm³/mol. The zero-order valence-corrected chi connectivity index (χ0v) is 8.38. The normalized spacial score (nSPS) is 12.9. The topological polar surface area (TPSA) is 46.2 Å². The molecule has 0 aromatic heterocycles. The summed E-state index contributed by atoms with van der Waals surface area (Å²) in [5, 5.41) is 9.54. The van der Waals surface area contributed by atoms with E-state index in [-0.39, 0.29) is 12.6 Å². The summed E-state index contributed by atoms with van der Waals surface area (Å²) in [5.41, 5.74) is 7.52. The molecule has 0 aliphatic rings. The van der Waals surface area contributed by atoms with Crippen molar-refractivity contribution in [1.82, 2.24) is 0 Å². The first-order valence-electron chi connectivity index (χ1n) is 4.27. The van der Waals surface area contributed by atoms with Gasteiger partial charge in [-0.2, -0.15) is 0 Å². The van der Waals surface area contributed by atoms with E-state index in [1.165, 1.54) is 0 Å². The van der Waals surface area contributed by atoms with Crippen LogP contribution in [0.25, 0.3) is 0 Å². The summed E-state index contributed by atoms with van der Waals surface area (Å²) in [4.78, 5) is 0. The van der Waals surface area contributed by atoms with Crippen LogP contribution in [-0.2, 0) is 13.0 Å². The van der Waals surface area contributed by atoms with Gasteiger partial charge in [0.1, 0.15) is 0 Å². The van der Waals surface area contributed by atoms with E-state index in [4.69, 9.17) is 22.4 Å². The standard InChI is InChI=1S/C10H14ClNO/c1-7(12)4-9-3-2-8(6-13)5-10(9)11/h2-3,5,7,13H,4,6,12H2,1H3. The maximum Gasteiger partial charge on any atom is 0.0682 e. The Bertz CT molecular complexity index is 286. The van der Waals surface area contributed by atoms with Gasteiger partial charge in [0.2, 0.25) is 0 Å². The van der Waals surface area contributed by atoms with Crippen molar-refractivity contribution < 1.29 is 5.11 Å². The molecule has 1 unspecified atom stereocenters. The van der Waals surface area contributed by atoms with Crippen LogP contribution in [0.15, 0.2) is 18.2 Å². The highest BCUT2D eigenvalue weighted by molar-refractivity contribution is 6.31. The average molecular weight is 200 g/mol.